The molecular weight excluding hydrogens is 362 g/mol. The molecule has 4 rings (SSSR count). The second-order valence-corrected chi connectivity index (χ2v) is 6.34. The predicted molar refractivity (Wildman–Crippen MR) is 107 cm³/mol. The first-order chi connectivity index (χ1) is 13.1. The van der Waals surface area contributed by atoms with Gasteiger partial charge in [0.05, 0.1) is 11.1 Å². The Morgan fingerprint density at radius 2 is 1.48 bits per heavy atom. The first kappa shape index (κ1) is 17.0. The van der Waals surface area contributed by atoms with Gasteiger partial charge in [0.25, 0.3) is 11.5 Å². The number of hydrogen-bond acceptors (Lipinski definition) is 3. The number of carbonyl (C=O) groups excluding carboxylic acids is 1. The Hall–Kier alpha value is -3.44. The van der Waals surface area contributed by atoms with Crippen LogP contribution in [0.4, 0.5) is 5.69 Å². The van der Waals surface area contributed by atoms with Crippen LogP contribution in [0.25, 0.3) is 16.5 Å². The molecule has 0 bridgehead atoms. The zero-order valence-electron chi connectivity index (χ0n) is 14.1. The van der Waals surface area contributed by atoms with Crippen LogP contribution in [-0.4, -0.2) is 15.7 Å². The van der Waals surface area contributed by atoms with Crippen LogP contribution in [0.1, 0.15) is 10.5 Å². The van der Waals surface area contributed by atoms with Crippen LogP contribution in [0.3, 0.4) is 0 Å². The Balaban J connectivity index is 1.86. The SMILES string of the molecule is O=C(Nc1ccc(Cl)cc1)c1nn(-c2ccccc2)c(=O)c2ccccc12. The van der Waals surface area contributed by atoms with E-state index < -0.39 is 5.91 Å². The van der Waals surface area contributed by atoms with Gasteiger partial charge in [-0.2, -0.15) is 9.78 Å². The molecule has 27 heavy (non-hydrogen) atoms. The monoisotopic (exact) mass is 375 g/mol. The van der Waals surface area contributed by atoms with E-state index in [4.69, 9.17) is 11.6 Å². The van der Waals surface area contributed by atoms with Gasteiger partial charge >= 0.3 is 0 Å². The van der Waals surface area contributed by atoms with Crippen LogP contribution >= 0.6 is 11.6 Å². The van der Waals surface area contributed by atoms with Crippen molar-refractivity contribution >= 4 is 34.0 Å². The standard InChI is InChI=1S/C21H14ClN3O2/c22-14-10-12-15(13-11-14)23-20(26)19-17-8-4-5-9-18(17)21(27)25(24-19)16-6-2-1-3-7-16/h1-13H,(H,23,26). The minimum atomic E-state index is -0.404. The van der Waals surface area contributed by atoms with Crippen LogP contribution in [0, 0.1) is 0 Å². The molecular formula is C21H14ClN3O2. The topological polar surface area (TPSA) is 64.0 Å². The number of amides is 1. The van der Waals surface area contributed by atoms with E-state index in [9.17, 15) is 9.59 Å². The molecule has 0 unspecified atom stereocenters. The summed E-state index contributed by atoms with van der Waals surface area (Å²) in [5.74, 6) is -0.404. The van der Waals surface area contributed by atoms with Gasteiger partial charge in [-0.1, -0.05) is 48.0 Å². The Morgan fingerprint density at radius 1 is 0.852 bits per heavy atom. The van der Waals surface area contributed by atoms with Crippen molar-refractivity contribution in [3.8, 4) is 5.69 Å². The molecule has 0 saturated heterocycles. The number of para-hydroxylation sites is 1. The molecule has 0 aliphatic rings. The van der Waals surface area contributed by atoms with Gasteiger partial charge in [0.1, 0.15) is 0 Å². The number of fused-ring (bicyclic) bond motifs is 1. The quantitative estimate of drug-likeness (QED) is 0.581. The zero-order valence-corrected chi connectivity index (χ0v) is 14.9. The first-order valence-corrected chi connectivity index (χ1v) is 8.66. The van der Waals surface area contributed by atoms with E-state index in [1.807, 2.05) is 18.2 Å². The van der Waals surface area contributed by atoms with E-state index in [0.717, 1.165) is 0 Å². The van der Waals surface area contributed by atoms with Gasteiger partial charge in [0.2, 0.25) is 0 Å². The number of nitrogens with zero attached hydrogens (tertiary/aromatic N) is 2. The van der Waals surface area contributed by atoms with Crippen molar-refractivity contribution in [2.45, 2.75) is 0 Å². The largest absolute Gasteiger partial charge is 0.321 e. The molecule has 5 nitrogen and oxygen atoms in total. The molecule has 0 aliphatic heterocycles. The van der Waals surface area contributed by atoms with E-state index in [1.165, 1.54) is 4.68 Å². The van der Waals surface area contributed by atoms with E-state index in [1.54, 1.807) is 60.7 Å². The Morgan fingerprint density at radius 3 is 2.19 bits per heavy atom. The van der Waals surface area contributed by atoms with Crippen molar-refractivity contribution in [1.29, 1.82) is 0 Å². The predicted octanol–water partition coefficient (Wildman–Crippen LogP) is 4.29. The maximum absolute atomic E-state index is 12.9. The van der Waals surface area contributed by atoms with Crippen molar-refractivity contribution in [2.75, 3.05) is 5.32 Å². The number of hydrogen-bond donors (Lipinski definition) is 1. The van der Waals surface area contributed by atoms with E-state index >= 15 is 0 Å². The molecule has 1 aromatic heterocycles. The smallest absolute Gasteiger partial charge is 0.279 e. The molecule has 6 heteroatoms. The van der Waals surface area contributed by atoms with Crippen molar-refractivity contribution < 1.29 is 4.79 Å². The summed E-state index contributed by atoms with van der Waals surface area (Å²) in [6.07, 6.45) is 0. The highest BCUT2D eigenvalue weighted by Gasteiger charge is 2.17. The number of anilines is 1. The lowest BCUT2D eigenvalue weighted by Crippen LogP contribution is -2.26. The summed E-state index contributed by atoms with van der Waals surface area (Å²) in [5, 5.41) is 8.66. The van der Waals surface area contributed by atoms with E-state index in [0.29, 0.717) is 27.2 Å². The minimum absolute atomic E-state index is 0.170. The minimum Gasteiger partial charge on any atom is -0.321 e. The lowest BCUT2D eigenvalue weighted by Gasteiger charge is -2.11. The maximum Gasteiger partial charge on any atom is 0.279 e. The molecule has 4 aromatic rings. The van der Waals surface area contributed by atoms with Gasteiger partial charge in [-0.15, -0.1) is 0 Å². The first-order valence-electron chi connectivity index (χ1n) is 8.28. The van der Waals surface area contributed by atoms with Crippen LogP contribution < -0.4 is 10.9 Å². The number of benzene rings is 3. The highest BCUT2D eigenvalue weighted by Crippen LogP contribution is 2.18. The molecule has 0 aliphatic carbocycles. The lowest BCUT2D eigenvalue weighted by atomic mass is 10.1. The molecule has 1 N–H and O–H groups in total. The summed E-state index contributed by atoms with van der Waals surface area (Å²) in [5.41, 5.74) is 1.07. The van der Waals surface area contributed by atoms with Crippen LogP contribution in [-0.2, 0) is 0 Å². The summed E-state index contributed by atoms with van der Waals surface area (Å²) in [4.78, 5) is 25.7. The number of carbonyl (C=O) groups is 1. The summed E-state index contributed by atoms with van der Waals surface area (Å²) in [7, 11) is 0. The molecule has 132 valence electrons. The van der Waals surface area contributed by atoms with E-state index in [2.05, 4.69) is 10.4 Å². The van der Waals surface area contributed by atoms with Gasteiger partial charge in [0, 0.05) is 16.1 Å². The molecule has 1 amide bonds. The van der Waals surface area contributed by atoms with Crippen LogP contribution in [0.15, 0.2) is 83.7 Å². The fourth-order valence-electron chi connectivity index (χ4n) is 2.82. The third-order valence-corrected chi connectivity index (χ3v) is 4.37. The lowest BCUT2D eigenvalue weighted by molar-refractivity contribution is 0.102. The van der Waals surface area contributed by atoms with Crippen molar-refractivity contribution in [1.82, 2.24) is 9.78 Å². The normalized spacial score (nSPS) is 10.7. The average molecular weight is 376 g/mol. The van der Waals surface area contributed by atoms with Crippen molar-refractivity contribution in [3.63, 3.8) is 0 Å². The highest BCUT2D eigenvalue weighted by atomic mass is 35.5. The highest BCUT2D eigenvalue weighted by molar-refractivity contribution is 6.30. The Bertz CT molecular complexity index is 1190. The third-order valence-electron chi connectivity index (χ3n) is 4.12. The molecule has 0 fully saturated rings. The molecule has 0 spiro atoms. The summed E-state index contributed by atoms with van der Waals surface area (Å²) >= 11 is 5.89. The Kier molecular flexibility index (Phi) is 4.44. The van der Waals surface area contributed by atoms with Crippen molar-refractivity contribution in [2.24, 2.45) is 0 Å². The van der Waals surface area contributed by atoms with Gasteiger partial charge in [0.15, 0.2) is 5.69 Å². The third kappa shape index (κ3) is 3.32. The van der Waals surface area contributed by atoms with E-state index in [-0.39, 0.29) is 11.3 Å². The second-order valence-electron chi connectivity index (χ2n) is 5.91. The van der Waals surface area contributed by atoms with Gasteiger partial charge in [-0.05, 0) is 42.5 Å². The van der Waals surface area contributed by atoms with Gasteiger partial charge in [-0.3, -0.25) is 9.59 Å². The maximum atomic E-state index is 12.9. The molecule has 3 aromatic carbocycles. The summed E-state index contributed by atoms with van der Waals surface area (Å²) < 4.78 is 1.25. The number of rotatable bonds is 3. The van der Waals surface area contributed by atoms with Crippen LogP contribution in [0.5, 0.6) is 0 Å². The Labute approximate surface area is 159 Å². The zero-order chi connectivity index (χ0) is 18.8. The molecule has 0 saturated carbocycles. The molecule has 0 radical (unpaired) electrons. The number of aromatic nitrogens is 2. The average Bonchev–Trinajstić information content (AvgIpc) is 2.71. The number of nitrogens with one attached hydrogen (secondary N) is 1. The fourth-order valence-corrected chi connectivity index (χ4v) is 2.95. The fraction of sp³-hybridized carbons (Fsp3) is 0. The molecule has 0 atom stereocenters. The van der Waals surface area contributed by atoms with Gasteiger partial charge < -0.3 is 5.32 Å². The van der Waals surface area contributed by atoms with Crippen LogP contribution in [0.2, 0.25) is 5.02 Å². The molecule has 1 heterocycles. The number of halogens is 1. The van der Waals surface area contributed by atoms with Gasteiger partial charge in [-0.25, -0.2) is 0 Å². The summed E-state index contributed by atoms with van der Waals surface area (Å²) in [6.45, 7) is 0. The van der Waals surface area contributed by atoms with Crippen molar-refractivity contribution in [3.05, 3.63) is 99.9 Å². The second kappa shape index (κ2) is 7.05. The summed E-state index contributed by atoms with van der Waals surface area (Å²) in [6, 6.07) is 22.7.